The van der Waals surface area contributed by atoms with E-state index in [-0.39, 0.29) is 0 Å². The minimum absolute atomic E-state index is 0.626. The summed E-state index contributed by atoms with van der Waals surface area (Å²) in [5.41, 5.74) is 10.5. The molecular weight excluding hydrogens is 633 g/mol. The molecule has 0 aliphatic heterocycles. The van der Waals surface area contributed by atoms with E-state index in [0.29, 0.717) is 5.89 Å². The molecule has 0 spiro atoms. The molecule has 0 radical (unpaired) electrons. The Morgan fingerprint density at radius 3 is 1.75 bits per heavy atom. The van der Waals surface area contributed by atoms with Gasteiger partial charge in [-0.2, -0.15) is 0 Å². The van der Waals surface area contributed by atoms with Gasteiger partial charge < -0.3 is 9.32 Å². The Morgan fingerprint density at radius 2 is 0.942 bits per heavy atom. The van der Waals surface area contributed by atoms with Crippen LogP contribution in [0.25, 0.3) is 77.1 Å². The van der Waals surface area contributed by atoms with E-state index in [2.05, 4.69) is 169 Å². The molecule has 3 heteroatoms. The molecule has 0 fully saturated rings. The van der Waals surface area contributed by atoms with Crippen molar-refractivity contribution in [3.05, 3.63) is 194 Å². The molecule has 0 aliphatic carbocycles. The summed E-state index contributed by atoms with van der Waals surface area (Å²) in [6.45, 7) is 0. The van der Waals surface area contributed by atoms with E-state index in [4.69, 9.17) is 9.40 Å². The molecule has 10 aromatic rings. The lowest BCUT2D eigenvalue weighted by atomic mass is 9.97. The molecule has 0 bridgehead atoms. The van der Waals surface area contributed by atoms with Gasteiger partial charge in [0, 0.05) is 33.6 Å². The van der Waals surface area contributed by atoms with Gasteiger partial charge >= 0.3 is 0 Å². The lowest BCUT2D eigenvalue weighted by molar-refractivity contribution is 0.623. The Bertz CT molecular complexity index is 2890. The third-order valence-corrected chi connectivity index (χ3v) is 10.0. The van der Waals surface area contributed by atoms with Crippen LogP contribution in [0.4, 0.5) is 17.1 Å². The monoisotopic (exact) mass is 664 g/mol. The van der Waals surface area contributed by atoms with Crippen LogP contribution in [0, 0.1) is 0 Å². The van der Waals surface area contributed by atoms with Gasteiger partial charge in [-0.3, -0.25) is 0 Å². The molecule has 52 heavy (non-hydrogen) atoms. The molecule has 0 amide bonds. The SMILES string of the molecule is c1ccc(-c2nc3c(-c4ccc5ccc(N(c6ccccc6)c6ccc(-c7ccc8ccccc8c7)cc6)cc5c4)cc4ccccc4c3o2)cc1. The van der Waals surface area contributed by atoms with Gasteiger partial charge in [-0.1, -0.05) is 127 Å². The molecule has 0 N–H and O–H groups in total. The smallest absolute Gasteiger partial charge is 0.227 e. The van der Waals surface area contributed by atoms with E-state index in [0.717, 1.165) is 61.0 Å². The standard InChI is InChI=1S/C49H32N2O/c1-3-12-36(13-4-1)49-50-47-46(32-39-15-9-10-18-45(39)48(47)52-49)40-22-20-35-25-28-44(31-41(35)30-40)51(42-16-5-2-6-17-42)43-26-23-34(24-27-43)38-21-19-33-11-7-8-14-37(33)29-38/h1-32H. The van der Waals surface area contributed by atoms with Gasteiger partial charge in [0.15, 0.2) is 5.58 Å². The van der Waals surface area contributed by atoms with Gasteiger partial charge in [-0.25, -0.2) is 4.98 Å². The van der Waals surface area contributed by atoms with Gasteiger partial charge in [-0.05, 0) is 110 Å². The van der Waals surface area contributed by atoms with Crippen molar-refractivity contribution in [1.29, 1.82) is 0 Å². The van der Waals surface area contributed by atoms with Crippen LogP contribution in [0.5, 0.6) is 0 Å². The Labute approximate surface area is 301 Å². The fourth-order valence-corrected chi connectivity index (χ4v) is 7.40. The van der Waals surface area contributed by atoms with Gasteiger partial charge in [0.2, 0.25) is 5.89 Å². The first-order chi connectivity index (χ1) is 25.7. The highest BCUT2D eigenvalue weighted by Crippen LogP contribution is 2.40. The summed E-state index contributed by atoms with van der Waals surface area (Å²) in [6.07, 6.45) is 0. The molecular formula is C49H32N2O. The first kappa shape index (κ1) is 29.9. The molecule has 0 aliphatic rings. The molecule has 1 heterocycles. The number of aromatic nitrogens is 1. The van der Waals surface area contributed by atoms with Gasteiger partial charge in [-0.15, -0.1) is 0 Å². The first-order valence-corrected chi connectivity index (χ1v) is 17.6. The van der Waals surface area contributed by atoms with Gasteiger partial charge in [0.1, 0.15) is 5.52 Å². The second-order valence-electron chi connectivity index (χ2n) is 13.2. The third-order valence-electron chi connectivity index (χ3n) is 10.0. The van der Waals surface area contributed by atoms with Crippen LogP contribution < -0.4 is 4.90 Å². The second kappa shape index (κ2) is 12.4. The van der Waals surface area contributed by atoms with Crippen LogP contribution in [-0.2, 0) is 0 Å². The van der Waals surface area contributed by atoms with E-state index >= 15 is 0 Å². The maximum absolute atomic E-state index is 6.50. The normalized spacial score (nSPS) is 11.5. The van der Waals surface area contributed by atoms with Crippen molar-refractivity contribution in [2.45, 2.75) is 0 Å². The molecule has 0 saturated heterocycles. The molecule has 0 unspecified atom stereocenters. The van der Waals surface area contributed by atoms with Gasteiger partial charge in [0.25, 0.3) is 0 Å². The highest BCUT2D eigenvalue weighted by atomic mass is 16.3. The first-order valence-electron chi connectivity index (χ1n) is 17.6. The van der Waals surface area contributed by atoms with Crippen molar-refractivity contribution < 1.29 is 4.42 Å². The summed E-state index contributed by atoms with van der Waals surface area (Å²) in [4.78, 5) is 7.41. The molecule has 1 aromatic heterocycles. The summed E-state index contributed by atoms with van der Waals surface area (Å²) in [5.74, 6) is 0.626. The van der Waals surface area contributed by atoms with Crippen molar-refractivity contribution >= 4 is 60.5 Å². The maximum Gasteiger partial charge on any atom is 0.227 e. The number of benzene rings is 9. The van der Waals surface area contributed by atoms with E-state index in [1.165, 1.54) is 27.3 Å². The van der Waals surface area contributed by atoms with E-state index in [1.807, 2.05) is 30.3 Å². The van der Waals surface area contributed by atoms with Crippen molar-refractivity contribution in [2.75, 3.05) is 4.90 Å². The van der Waals surface area contributed by atoms with Crippen molar-refractivity contribution in [3.63, 3.8) is 0 Å². The Balaban J connectivity index is 1.08. The zero-order valence-corrected chi connectivity index (χ0v) is 28.3. The van der Waals surface area contributed by atoms with Crippen LogP contribution >= 0.6 is 0 Å². The Morgan fingerprint density at radius 1 is 0.365 bits per heavy atom. The van der Waals surface area contributed by atoms with E-state index in [9.17, 15) is 0 Å². The molecule has 244 valence electrons. The fraction of sp³-hybridized carbons (Fsp3) is 0. The van der Waals surface area contributed by atoms with Gasteiger partial charge in [0.05, 0.1) is 0 Å². The van der Waals surface area contributed by atoms with Crippen LogP contribution in [-0.4, -0.2) is 4.98 Å². The summed E-state index contributed by atoms with van der Waals surface area (Å²) in [6, 6.07) is 68.8. The second-order valence-corrected chi connectivity index (χ2v) is 13.2. The lowest BCUT2D eigenvalue weighted by Crippen LogP contribution is -2.09. The zero-order valence-electron chi connectivity index (χ0n) is 28.3. The maximum atomic E-state index is 6.50. The summed E-state index contributed by atoms with van der Waals surface area (Å²) >= 11 is 0. The lowest BCUT2D eigenvalue weighted by Gasteiger charge is -2.26. The predicted octanol–water partition coefficient (Wildman–Crippen LogP) is 13.8. The van der Waals surface area contributed by atoms with Crippen LogP contribution in [0.1, 0.15) is 0 Å². The number of hydrogen-bond acceptors (Lipinski definition) is 3. The average molecular weight is 665 g/mol. The number of nitrogens with zero attached hydrogens (tertiary/aromatic N) is 2. The van der Waals surface area contributed by atoms with Crippen molar-refractivity contribution in [3.8, 4) is 33.7 Å². The van der Waals surface area contributed by atoms with Crippen molar-refractivity contribution in [2.24, 2.45) is 0 Å². The van der Waals surface area contributed by atoms with Crippen LogP contribution in [0.15, 0.2) is 199 Å². The number of fused-ring (bicyclic) bond motifs is 5. The number of para-hydroxylation sites is 1. The number of oxazole rings is 1. The third kappa shape index (κ3) is 5.28. The zero-order chi connectivity index (χ0) is 34.4. The minimum atomic E-state index is 0.626. The van der Waals surface area contributed by atoms with E-state index in [1.54, 1.807) is 0 Å². The minimum Gasteiger partial charge on any atom is -0.435 e. The molecule has 0 atom stereocenters. The number of hydrogen-bond donors (Lipinski definition) is 0. The highest BCUT2D eigenvalue weighted by molar-refractivity contribution is 6.11. The fourth-order valence-electron chi connectivity index (χ4n) is 7.40. The number of rotatable bonds is 6. The molecule has 9 aromatic carbocycles. The summed E-state index contributed by atoms with van der Waals surface area (Å²) in [7, 11) is 0. The quantitative estimate of drug-likeness (QED) is 0.177. The Hall–Kier alpha value is -6.97. The average Bonchev–Trinajstić information content (AvgIpc) is 3.67. The summed E-state index contributed by atoms with van der Waals surface area (Å²) < 4.78 is 6.50. The Kier molecular flexibility index (Phi) is 7.14. The number of anilines is 3. The van der Waals surface area contributed by atoms with Crippen molar-refractivity contribution in [1.82, 2.24) is 4.98 Å². The van der Waals surface area contributed by atoms with Crippen LogP contribution in [0.2, 0.25) is 0 Å². The van der Waals surface area contributed by atoms with Crippen LogP contribution in [0.3, 0.4) is 0 Å². The predicted molar refractivity (Wildman–Crippen MR) is 218 cm³/mol. The molecule has 3 nitrogen and oxygen atoms in total. The molecule has 0 saturated carbocycles. The summed E-state index contributed by atoms with van der Waals surface area (Å²) in [5, 5.41) is 7.00. The topological polar surface area (TPSA) is 29.3 Å². The highest BCUT2D eigenvalue weighted by Gasteiger charge is 2.18. The largest absolute Gasteiger partial charge is 0.435 e. The van der Waals surface area contributed by atoms with E-state index < -0.39 is 0 Å². The molecule has 10 rings (SSSR count).